The number of fused-ring (bicyclic) bond motifs is 1. The Morgan fingerprint density at radius 1 is 1.17 bits per heavy atom. The summed E-state index contributed by atoms with van der Waals surface area (Å²) in [6.45, 7) is 1.82. The van der Waals surface area contributed by atoms with Gasteiger partial charge < -0.3 is 14.5 Å². The Bertz CT molecular complexity index is 546. The molecule has 126 valence electrons. The zero-order valence-corrected chi connectivity index (χ0v) is 14.3. The van der Waals surface area contributed by atoms with Crippen LogP contribution in [0.15, 0.2) is 24.3 Å². The van der Waals surface area contributed by atoms with Crippen LogP contribution in [0.1, 0.15) is 38.5 Å². The van der Waals surface area contributed by atoms with E-state index in [1.54, 1.807) is 7.11 Å². The second kappa shape index (κ2) is 7.35. The van der Waals surface area contributed by atoms with E-state index >= 15 is 0 Å². The monoisotopic (exact) mass is 316 g/mol. The van der Waals surface area contributed by atoms with Gasteiger partial charge in [0, 0.05) is 33.7 Å². The molecule has 2 aliphatic rings. The van der Waals surface area contributed by atoms with Crippen LogP contribution in [0.2, 0.25) is 0 Å². The number of nitrogens with zero attached hydrogens (tertiary/aromatic N) is 2. The topological polar surface area (TPSA) is 32.8 Å². The lowest BCUT2D eigenvalue weighted by Crippen LogP contribution is -2.34. The lowest BCUT2D eigenvalue weighted by Gasteiger charge is -2.30. The van der Waals surface area contributed by atoms with Crippen LogP contribution in [0.5, 0.6) is 0 Å². The minimum atomic E-state index is 0.273. The first-order valence-corrected chi connectivity index (χ1v) is 8.82. The van der Waals surface area contributed by atoms with Gasteiger partial charge in [-0.2, -0.15) is 0 Å². The summed E-state index contributed by atoms with van der Waals surface area (Å²) in [5.74, 6) is 0.740. The van der Waals surface area contributed by atoms with Crippen molar-refractivity contribution in [1.82, 2.24) is 0 Å². The molecule has 1 aliphatic carbocycles. The third-order valence-corrected chi connectivity index (χ3v) is 5.29. The van der Waals surface area contributed by atoms with Crippen molar-refractivity contribution in [3.8, 4) is 0 Å². The fraction of sp³-hybridized carbons (Fsp3) is 0.632. The molecule has 0 saturated heterocycles. The number of methoxy groups -OCH3 is 1. The zero-order chi connectivity index (χ0) is 16.2. The number of anilines is 2. The van der Waals surface area contributed by atoms with Gasteiger partial charge in [-0.3, -0.25) is 4.79 Å². The largest absolute Gasteiger partial charge is 0.381 e. The van der Waals surface area contributed by atoms with Crippen molar-refractivity contribution in [2.45, 2.75) is 44.6 Å². The Balaban J connectivity index is 1.73. The molecule has 1 aliphatic heterocycles. The zero-order valence-electron chi connectivity index (χ0n) is 14.3. The number of para-hydroxylation sites is 2. The highest BCUT2D eigenvalue weighted by molar-refractivity contribution is 5.97. The Kier molecular flexibility index (Phi) is 5.21. The Morgan fingerprint density at radius 3 is 2.74 bits per heavy atom. The van der Waals surface area contributed by atoms with Crippen LogP contribution >= 0.6 is 0 Å². The van der Waals surface area contributed by atoms with Gasteiger partial charge in [-0.05, 0) is 43.7 Å². The van der Waals surface area contributed by atoms with Crippen molar-refractivity contribution in [1.29, 1.82) is 0 Å². The summed E-state index contributed by atoms with van der Waals surface area (Å²) < 4.78 is 5.51. The minimum Gasteiger partial charge on any atom is -0.381 e. The molecule has 1 saturated carbocycles. The van der Waals surface area contributed by atoms with Gasteiger partial charge in [-0.25, -0.2) is 0 Å². The van der Waals surface area contributed by atoms with E-state index in [1.807, 2.05) is 17.0 Å². The first-order chi connectivity index (χ1) is 11.2. The number of hydrogen-bond acceptors (Lipinski definition) is 3. The molecule has 0 radical (unpaired) electrons. The fourth-order valence-corrected chi connectivity index (χ4v) is 3.98. The third-order valence-electron chi connectivity index (χ3n) is 5.29. The smallest absolute Gasteiger partial charge is 0.227 e. The van der Waals surface area contributed by atoms with Crippen molar-refractivity contribution >= 4 is 17.3 Å². The molecular weight excluding hydrogens is 288 g/mol. The SMILES string of the molecule is CO[C@H]1CCC[C@@H](CC(=O)N2CCCN(C)c3ccccc32)C1. The van der Waals surface area contributed by atoms with E-state index in [4.69, 9.17) is 4.74 Å². The first kappa shape index (κ1) is 16.3. The molecule has 0 spiro atoms. The van der Waals surface area contributed by atoms with Gasteiger partial charge in [0.1, 0.15) is 0 Å². The molecule has 23 heavy (non-hydrogen) atoms. The highest BCUT2D eigenvalue weighted by Crippen LogP contribution is 2.34. The molecule has 0 aromatic heterocycles. The maximum atomic E-state index is 13.0. The molecule has 1 heterocycles. The molecule has 1 amide bonds. The van der Waals surface area contributed by atoms with Gasteiger partial charge in [0.15, 0.2) is 0 Å². The van der Waals surface area contributed by atoms with E-state index in [1.165, 1.54) is 6.42 Å². The van der Waals surface area contributed by atoms with Crippen LogP contribution in [0, 0.1) is 5.92 Å². The van der Waals surface area contributed by atoms with Crippen LogP contribution in [-0.4, -0.2) is 39.3 Å². The maximum absolute atomic E-state index is 13.0. The number of carbonyl (C=O) groups is 1. The number of ether oxygens (including phenoxy) is 1. The summed E-state index contributed by atoms with van der Waals surface area (Å²) in [5.41, 5.74) is 2.23. The van der Waals surface area contributed by atoms with E-state index in [9.17, 15) is 4.79 Å². The highest BCUT2D eigenvalue weighted by Gasteiger charge is 2.28. The minimum absolute atomic E-state index is 0.273. The number of hydrogen-bond donors (Lipinski definition) is 0. The second-order valence-corrected chi connectivity index (χ2v) is 6.90. The summed E-state index contributed by atoms with van der Waals surface area (Å²) >= 11 is 0. The molecule has 0 unspecified atom stereocenters. The number of amides is 1. The van der Waals surface area contributed by atoms with Crippen LogP contribution in [0.3, 0.4) is 0 Å². The highest BCUT2D eigenvalue weighted by atomic mass is 16.5. The van der Waals surface area contributed by atoms with Crippen molar-refractivity contribution in [3.63, 3.8) is 0 Å². The van der Waals surface area contributed by atoms with Crippen molar-refractivity contribution in [3.05, 3.63) is 24.3 Å². The van der Waals surface area contributed by atoms with E-state index in [2.05, 4.69) is 24.1 Å². The Hall–Kier alpha value is -1.55. The van der Waals surface area contributed by atoms with Gasteiger partial charge in [-0.15, -0.1) is 0 Å². The number of benzene rings is 1. The average Bonchev–Trinajstić information content (AvgIpc) is 2.74. The molecule has 4 nitrogen and oxygen atoms in total. The Labute approximate surface area is 139 Å². The predicted molar refractivity (Wildman–Crippen MR) is 94.1 cm³/mol. The van der Waals surface area contributed by atoms with Crippen molar-refractivity contribution < 1.29 is 9.53 Å². The van der Waals surface area contributed by atoms with Gasteiger partial charge in [0.2, 0.25) is 5.91 Å². The van der Waals surface area contributed by atoms with E-state index in [0.717, 1.165) is 50.1 Å². The molecule has 1 aromatic carbocycles. The van der Waals surface area contributed by atoms with Crippen molar-refractivity contribution in [2.75, 3.05) is 37.0 Å². The second-order valence-electron chi connectivity index (χ2n) is 6.90. The fourth-order valence-electron chi connectivity index (χ4n) is 3.98. The summed E-state index contributed by atoms with van der Waals surface area (Å²) in [6, 6.07) is 8.27. The van der Waals surface area contributed by atoms with Crippen LogP contribution in [0.25, 0.3) is 0 Å². The molecule has 2 atom stereocenters. The van der Waals surface area contributed by atoms with Crippen molar-refractivity contribution in [2.24, 2.45) is 5.92 Å². The van der Waals surface area contributed by atoms with Crippen LogP contribution in [-0.2, 0) is 9.53 Å². The molecule has 4 heteroatoms. The standard InChI is InChI=1S/C19H28N2O2/c1-20-11-6-12-21(18-10-4-3-9-17(18)20)19(22)14-15-7-5-8-16(13-15)23-2/h3-4,9-10,15-16H,5-8,11-14H2,1-2H3/t15-,16+/m1/s1. The van der Waals surface area contributed by atoms with E-state index in [0.29, 0.717) is 18.4 Å². The maximum Gasteiger partial charge on any atom is 0.227 e. The van der Waals surface area contributed by atoms with Gasteiger partial charge in [0.05, 0.1) is 17.5 Å². The van der Waals surface area contributed by atoms with E-state index in [-0.39, 0.29) is 5.91 Å². The van der Waals surface area contributed by atoms with Gasteiger partial charge in [0.25, 0.3) is 0 Å². The van der Waals surface area contributed by atoms with Gasteiger partial charge in [-0.1, -0.05) is 18.6 Å². The predicted octanol–water partition coefficient (Wildman–Crippen LogP) is 3.45. The lowest BCUT2D eigenvalue weighted by molar-refractivity contribution is -0.120. The normalized spacial score (nSPS) is 25.0. The number of carbonyl (C=O) groups excluding carboxylic acids is 1. The summed E-state index contributed by atoms with van der Waals surface area (Å²) in [7, 11) is 3.90. The third kappa shape index (κ3) is 3.69. The summed E-state index contributed by atoms with van der Waals surface area (Å²) in [5, 5.41) is 0. The van der Waals surface area contributed by atoms with Crippen LogP contribution < -0.4 is 9.80 Å². The van der Waals surface area contributed by atoms with Gasteiger partial charge >= 0.3 is 0 Å². The average molecular weight is 316 g/mol. The molecule has 3 rings (SSSR count). The van der Waals surface area contributed by atoms with E-state index < -0.39 is 0 Å². The molecule has 0 bridgehead atoms. The number of rotatable bonds is 3. The molecular formula is C19H28N2O2. The quantitative estimate of drug-likeness (QED) is 0.856. The summed E-state index contributed by atoms with van der Waals surface area (Å²) in [6.07, 6.45) is 6.50. The molecule has 1 aromatic rings. The Morgan fingerprint density at radius 2 is 1.96 bits per heavy atom. The molecule has 0 N–H and O–H groups in total. The first-order valence-electron chi connectivity index (χ1n) is 8.82. The van der Waals surface area contributed by atoms with Crippen LogP contribution in [0.4, 0.5) is 11.4 Å². The lowest BCUT2D eigenvalue weighted by atomic mass is 9.84. The molecule has 1 fully saturated rings. The summed E-state index contributed by atoms with van der Waals surface area (Å²) in [4.78, 5) is 17.2.